The highest BCUT2D eigenvalue weighted by molar-refractivity contribution is 6.00. The van der Waals surface area contributed by atoms with Gasteiger partial charge in [0.15, 0.2) is 0 Å². The molecule has 12 heteroatoms. The zero-order valence-electron chi connectivity index (χ0n) is 23.9. The lowest BCUT2D eigenvalue weighted by Crippen LogP contribution is -2.47. The van der Waals surface area contributed by atoms with Gasteiger partial charge in [-0.05, 0) is 42.5 Å². The fourth-order valence-corrected chi connectivity index (χ4v) is 5.33. The molecule has 0 bridgehead atoms. The van der Waals surface area contributed by atoms with Crippen LogP contribution in [0.1, 0.15) is 57.3 Å². The number of carbonyl (C=O) groups excluding carboxylic acids is 2. The van der Waals surface area contributed by atoms with Crippen molar-refractivity contribution in [1.29, 1.82) is 0 Å². The summed E-state index contributed by atoms with van der Waals surface area (Å²) in [5.74, 6) is -2.43. The van der Waals surface area contributed by atoms with E-state index >= 15 is 0 Å². The number of nitrogens with zero attached hydrogens (tertiary/aromatic N) is 2. The fourth-order valence-electron chi connectivity index (χ4n) is 5.33. The Labute approximate surface area is 242 Å². The largest absolute Gasteiger partial charge is 0.573 e. The Balaban J connectivity index is 1.78. The van der Waals surface area contributed by atoms with Crippen LogP contribution in [0, 0.1) is 11.3 Å². The van der Waals surface area contributed by atoms with Crippen molar-refractivity contribution in [2.75, 3.05) is 31.6 Å². The smallest absolute Gasteiger partial charge is 0.496 e. The van der Waals surface area contributed by atoms with E-state index in [4.69, 9.17) is 9.47 Å². The summed E-state index contributed by atoms with van der Waals surface area (Å²) in [5, 5.41) is 9.30. The van der Waals surface area contributed by atoms with Crippen LogP contribution in [0.15, 0.2) is 42.5 Å². The average Bonchev–Trinajstić information content (AvgIpc) is 3.01. The van der Waals surface area contributed by atoms with Crippen molar-refractivity contribution in [1.82, 2.24) is 4.90 Å². The van der Waals surface area contributed by atoms with Crippen LogP contribution >= 0.6 is 0 Å². The summed E-state index contributed by atoms with van der Waals surface area (Å²) < 4.78 is 55.7. The number of carboxylic acids is 1. The normalized spacial score (nSPS) is 20.1. The maximum atomic E-state index is 14.1. The van der Waals surface area contributed by atoms with E-state index in [1.165, 1.54) is 29.0 Å². The van der Waals surface area contributed by atoms with Crippen LogP contribution in [-0.4, -0.2) is 67.0 Å². The van der Waals surface area contributed by atoms with Crippen LogP contribution < -0.4 is 14.4 Å². The first-order valence-corrected chi connectivity index (χ1v) is 13.7. The Morgan fingerprint density at radius 2 is 1.71 bits per heavy atom. The van der Waals surface area contributed by atoms with E-state index in [9.17, 15) is 32.7 Å². The number of hydrogen-bond donors (Lipinski definition) is 1. The SMILES string of the molecule is COc1ccccc1C1OC(CC(=O)N2CCC(C(=O)O)CC2)C(=O)N(CC(C)(C)C)c2ccc(OC(F)(F)F)cc21. The first kappa shape index (κ1) is 31.1. The number of fused-ring (bicyclic) bond motifs is 1. The minimum atomic E-state index is -4.94. The number of methoxy groups -OCH3 is 1. The van der Waals surface area contributed by atoms with Crippen molar-refractivity contribution in [3.8, 4) is 11.5 Å². The van der Waals surface area contributed by atoms with Crippen molar-refractivity contribution >= 4 is 23.5 Å². The molecule has 2 aliphatic rings. The molecule has 0 radical (unpaired) electrons. The molecule has 228 valence electrons. The number of aliphatic carboxylic acids is 1. The predicted octanol–water partition coefficient (Wildman–Crippen LogP) is 5.17. The van der Waals surface area contributed by atoms with Gasteiger partial charge in [0.1, 0.15) is 23.7 Å². The quantitative estimate of drug-likeness (QED) is 0.473. The van der Waals surface area contributed by atoms with Crippen LogP contribution in [0.3, 0.4) is 0 Å². The molecule has 2 heterocycles. The third kappa shape index (κ3) is 7.33. The molecular formula is C30H35F3N2O7. The third-order valence-electron chi connectivity index (χ3n) is 7.26. The zero-order valence-corrected chi connectivity index (χ0v) is 23.9. The number of halogens is 3. The van der Waals surface area contributed by atoms with E-state index in [0.29, 0.717) is 29.8 Å². The Bertz CT molecular complexity index is 1320. The van der Waals surface area contributed by atoms with Gasteiger partial charge in [-0.15, -0.1) is 13.2 Å². The van der Waals surface area contributed by atoms with Gasteiger partial charge in [0, 0.05) is 30.8 Å². The van der Waals surface area contributed by atoms with Gasteiger partial charge in [-0.25, -0.2) is 0 Å². The van der Waals surface area contributed by atoms with Gasteiger partial charge in [0.05, 0.1) is 25.1 Å². The summed E-state index contributed by atoms with van der Waals surface area (Å²) in [5.41, 5.74) is 0.607. The third-order valence-corrected chi connectivity index (χ3v) is 7.26. The number of benzene rings is 2. The van der Waals surface area contributed by atoms with Gasteiger partial charge < -0.3 is 29.1 Å². The van der Waals surface area contributed by atoms with Crippen LogP contribution in [0.2, 0.25) is 0 Å². The van der Waals surface area contributed by atoms with Crippen LogP contribution in [-0.2, 0) is 19.1 Å². The fraction of sp³-hybridized carbons (Fsp3) is 0.500. The molecule has 0 aromatic heterocycles. The lowest BCUT2D eigenvalue weighted by Gasteiger charge is -2.33. The number of carboxylic acid groups (broad SMARTS) is 1. The Morgan fingerprint density at radius 3 is 2.31 bits per heavy atom. The highest BCUT2D eigenvalue weighted by atomic mass is 19.4. The summed E-state index contributed by atoms with van der Waals surface area (Å²) in [6, 6.07) is 10.5. The van der Waals surface area contributed by atoms with Crippen molar-refractivity contribution in [3.05, 3.63) is 53.6 Å². The topological polar surface area (TPSA) is 106 Å². The van der Waals surface area contributed by atoms with E-state index in [2.05, 4.69) is 4.74 Å². The van der Waals surface area contributed by atoms with Crippen LogP contribution in [0.4, 0.5) is 18.9 Å². The standard InChI is InChI=1S/C30H35F3N2O7/c1-29(2,3)17-35-22-10-9-19(42-30(31,32)33)15-21(22)26(20-7-5-6-8-23(20)40-4)41-24(27(35)37)16-25(36)34-13-11-18(12-14-34)28(38)39/h5-10,15,18,24,26H,11-14,16-17H2,1-4H3,(H,38,39). The molecule has 1 saturated heterocycles. The lowest BCUT2D eigenvalue weighted by molar-refractivity contribution is -0.274. The maximum absolute atomic E-state index is 14.1. The second-order valence-corrected chi connectivity index (χ2v) is 11.7. The number of carbonyl (C=O) groups is 3. The van der Waals surface area contributed by atoms with Crippen molar-refractivity contribution in [2.45, 2.75) is 58.6 Å². The molecular weight excluding hydrogens is 557 g/mol. The molecule has 1 N–H and O–H groups in total. The summed E-state index contributed by atoms with van der Waals surface area (Å²) >= 11 is 0. The van der Waals surface area contributed by atoms with Gasteiger partial charge in [-0.3, -0.25) is 14.4 Å². The molecule has 9 nitrogen and oxygen atoms in total. The number of hydrogen-bond acceptors (Lipinski definition) is 6. The molecule has 1 fully saturated rings. The molecule has 0 spiro atoms. The number of likely N-dealkylation sites (tertiary alicyclic amines) is 1. The predicted molar refractivity (Wildman–Crippen MR) is 146 cm³/mol. The van der Waals surface area contributed by atoms with Gasteiger partial charge in [0.25, 0.3) is 5.91 Å². The van der Waals surface area contributed by atoms with E-state index in [-0.39, 0.29) is 37.5 Å². The molecule has 2 unspecified atom stereocenters. The minimum Gasteiger partial charge on any atom is -0.496 e. The highest BCUT2D eigenvalue weighted by Crippen LogP contribution is 2.44. The van der Waals surface area contributed by atoms with Crippen molar-refractivity contribution in [3.63, 3.8) is 0 Å². The van der Waals surface area contributed by atoms with E-state index in [1.807, 2.05) is 20.8 Å². The van der Waals surface area contributed by atoms with Gasteiger partial charge >= 0.3 is 12.3 Å². The Hall–Kier alpha value is -3.80. The monoisotopic (exact) mass is 592 g/mol. The minimum absolute atomic E-state index is 0.189. The highest BCUT2D eigenvalue weighted by Gasteiger charge is 2.41. The molecule has 4 rings (SSSR count). The van der Waals surface area contributed by atoms with E-state index < -0.39 is 47.5 Å². The Morgan fingerprint density at radius 1 is 1.05 bits per heavy atom. The number of amides is 2. The first-order chi connectivity index (χ1) is 19.7. The molecule has 2 aliphatic heterocycles. The summed E-state index contributed by atoms with van der Waals surface area (Å²) in [7, 11) is 1.44. The number of piperidine rings is 1. The number of para-hydroxylation sites is 1. The van der Waals surface area contributed by atoms with E-state index in [1.54, 1.807) is 24.3 Å². The second kappa shape index (κ2) is 12.2. The number of alkyl halides is 3. The Kier molecular flexibility index (Phi) is 9.05. The van der Waals surface area contributed by atoms with Gasteiger partial charge in [0.2, 0.25) is 5.91 Å². The average molecular weight is 593 g/mol. The lowest BCUT2D eigenvalue weighted by atomic mass is 9.94. The van der Waals surface area contributed by atoms with E-state index in [0.717, 1.165) is 6.07 Å². The van der Waals surface area contributed by atoms with Crippen LogP contribution in [0.25, 0.3) is 0 Å². The van der Waals surface area contributed by atoms with Gasteiger partial charge in [-0.1, -0.05) is 39.0 Å². The number of anilines is 1. The first-order valence-electron chi connectivity index (χ1n) is 13.7. The van der Waals surface area contributed by atoms with Crippen molar-refractivity contribution in [2.24, 2.45) is 11.3 Å². The maximum Gasteiger partial charge on any atom is 0.573 e. The molecule has 0 saturated carbocycles. The molecule has 2 amide bonds. The van der Waals surface area contributed by atoms with Gasteiger partial charge in [-0.2, -0.15) is 0 Å². The molecule has 42 heavy (non-hydrogen) atoms. The molecule has 2 atom stereocenters. The number of ether oxygens (including phenoxy) is 3. The zero-order chi connectivity index (χ0) is 30.8. The second-order valence-electron chi connectivity index (χ2n) is 11.7. The molecule has 2 aromatic rings. The van der Waals surface area contributed by atoms with Crippen LogP contribution in [0.5, 0.6) is 11.5 Å². The van der Waals surface area contributed by atoms with Crippen molar-refractivity contribution < 1.29 is 46.9 Å². The summed E-state index contributed by atoms with van der Waals surface area (Å²) in [6.45, 7) is 6.40. The molecule has 2 aromatic carbocycles. The summed E-state index contributed by atoms with van der Waals surface area (Å²) in [4.78, 5) is 41.8. The molecule has 0 aliphatic carbocycles. The summed E-state index contributed by atoms with van der Waals surface area (Å²) in [6.07, 6.45) is -7.04. The number of rotatable bonds is 7.